The first-order chi connectivity index (χ1) is 9.15. The van der Waals surface area contributed by atoms with Gasteiger partial charge in [-0.15, -0.1) is 0 Å². The summed E-state index contributed by atoms with van der Waals surface area (Å²) < 4.78 is 18.5. The van der Waals surface area contributed by atoms with Crippen LogP contribution in [0.4, 0.5) is 10.2 Å². The number of amides is 1. The molecule has 0 aromatic carbocycles. The van der Waals surface area contributed by atoms with Crippen molar-refractivity contribution in [2.24, 2.45) is 0 Å². The highest BCUT2D eigenvalue weighted by Gasteiger charge is 2.26. The third-order valence-corrected chi connectivity index (χ3v) is 2.95. The number of carbonyl (C=O) groups excluding carboxylic acids is 1. The smallest absolute Gasteiger partial charge is 0.257 e. The van der Waals surface area contributed by atoms with Crippen molar-refractivity contribution in [3.63, 3.8) is 0 Å². The van der Waals surface area contributed by atoms with E-state index in [-0.39, 0.29) is 24.6 Å². The SMILES string of the molecule is CNc1ncc(F)cc1C(=O)N1CCOC(CO)C1. The minimum absolute atomic E-state index is 0.149. The van der Waals surface area contributed by atoms with E-state index in [0.29, 0.717) is 19.0 Å². The van der Waals surface area contributed by atoms with Crippen molar-refractivity contribution in [2.45, 2.75) is 6.10 Å². The van der Waals surface area contributed by atoms with Crippen LogP contribution in [-0.4, -0.2) is 60.4 Å². The van der Waals surface area contributed by atoms with Gasteiger partial charge in [-0.05, 0) is 6.07 Å². The molecular weight excluding hydrogens is 253 g/mol. The molecule has 1 saturated heterocycles. The van der Waals surface area contributed by atoms with Crippen molar-refractivity contribution in [2.75, 3.05) is 38.7 Å². The zero-order valence-corrected chi connectivity index (χ0v) is 10.6. The number of nitrogens with one attached hydrogen (secondary N) is 1. The van der Waals surface area contributed by atoms with E-state index >= 15 is 0 Å². The van der Waals surface area contributed by atoms with Gasteiger partial charge in [0.05, 0.1) is 31.1 Å². The van der Waals surface area contributed by atoms with Crippen molar-refractivity contribution in [1.29, 1.82) is 0 Å². The number of halogens is 1. The molecule has 1 aliphatic heterocycles. The summed E-state index contributed by atoms with van der Waals surface area (Å²) in [5, 5.41) is 11.8. The van der Waals surface area contributed by atoms with Crippen LogP contribution in [0, 0.1) is 5.82 Å². The molecule has 1 unspecified atom stereocenters. The van der Waals surface area contributed by atoms with E-state index in [1.54, 1.807) is 7.05 Å². The maximum atomic E-state index is 13.2. The van der Waals surface area contributed by atoms with E-state index < -0.39 is 11.9 Å². The summed E-state index contributed by atoms with van der Waals surface area (Å²) in [5.41, 5.74) is 0.182. The van der Waals surface area contributed by atoms with Crippen LogP contribution in [-0.2, 0) is 4.74 Å². The highest BCUT2D eigenvalue weighted by molar-refractivity contribution is 5.98. The number of rotatable bonds is 3. The molecule has 0 bridgehead atoms. The maximum Gasteiger partial charge on any atom is 0.257 e. The molecule has 0 radical (unpaired) electrons. The second-order valence-corrected chi connectivity index (χ2v) is 4.23. The van der Waals surface area contributed by atoms with Gasteiger partial charge in [0.1, 0.15) is 11.6 Å². The van der Waals surface area contributed by atoms with Crippen LogP contribution in [0.5, 0.6) is 0 Å². The fraction of sp³-hybridized carbons (Fsp3) is 0.500. The third-order valence-electron chi connectivity index (χ3n) is 2.95. The van der Waals surface area contributed by atoms with Gasteiger partial charge < -0.3 is 20.1 Å². The maximum absolute atomic E-state index is 13.2. The number of aliphatic hydroxyl groups excluding tert-OH is 1. The van der Waals surface area contributed by atoms with E-state index in [1.807, 2.05) is 0 Å². The zero-order chi connectivity index (χ0) is 13.8. The summed E-state index contributed by atoms with van der Waals surface area (Å²) in [7, 11) is 1.62. The Balaban J connectivity index is 2.21. The van der Waals surface area contributed by atoms with E-state index in [9.17, 15) is 9.18 Å². The summed E-state index contributed by atoms with van der Waals surface area (Å²) in [6.07, 6.45) is 0.663. The molecular formula is C12H16FN3O3. The predicted molar refractivity (Wildman–Crippen MR) is 66.5 cm³/mol. The monoisotopic (exact) mass is 269 g/mol. The molecule has 2 rings (SSSR count). The van der Waals surface area contributed by atoms with Crippen LogP contribution in [0.1, 0.15) is 10.4 Å². The molecule has 1 amide bonds. The number of pyridine rings is 1. The molecule has 6 nitrogen and oxygen atoms in total. The van der Waals surface area contributed by atoms with Crippen molar-refractivity contribution in [3.8, 4) is 0 Å². The molecule has 2 heterocycles. The Morgan fingerprint density at radius 3 is 3.21 bits per heavy atom. The van der Waals surface area contributed by atoms with Gasteiger partial charge in [0.15, 0.2) is 0 Å². The zero-order valence-electron chi connectivity index (χ0n) is 10.6. The number of aliphatic hydroxyl groups is 1. The third kappa shape index (κ3) is 2.99. The quantitative estimate of drug-likeness (QED) is 0.814. The first-order valence-electron chi connectivity index (χ1n) is 6.00. The van der Waals surface area contributed by atoms with Gasteiger partial charge in [0, 0.05) is 20.1 Å². The molecule has 0 saturated carbocycles. The van der Waals surface area contributed by atoms with Crippen molar-refractivity contribution in [3.05, 3.63) is 23.6 Å². The molecule has 0 spiro atoms. The molecule has 1 aromatic heterocycles. The van der Waals surface area contributed by atoms with Gasteiger partial charge >= 0.3 is 0 Å². The Hall–Kier alpha value is -1.73. The second-order valence-electron chi connectivity index (χ2n) is 4.23. The normalized spacial score (nSPS) is 19.3. The summed E-state index contributed by atoms with van der Waals surface area (Å²) in [4.78, 5) is 17.7. The lowest BCUT2D eigenvalue weighted by molar-refractivity contribution is -0.0447. The lowest BCUT2D eigenvalue weighted by atomic mass is 10.2. The Bertz CT molecular complexity index is 470. The van der Waals surface area contributed by atoms with Crippen LogP contribution >= 0.6 is 0 Å². The van der Waals surface area contributed by atoms with Gasteiger partial charge in [-0.1, -0.05) is 0 Å². The molecule has 104 valence electrons. The molecule has 1 atom stereocenters. The summed E-state index contributed by atoms with van der Waals surface area (Å²) >= 11 is 0. The van der Waals surface area contributed by atoms with Gasteiger partial charge in [0.25, 0.3) is 5.91 Å². The summed E-state index contributed by atoms with van der Waals surface area (Å²) in [5.74, 6) is -0.550. The first-order valence-corrected chi connectivity index (χ1v) is 6.00. The number of aromatic nitrogens is 1. The first kappa shape index (κ1) is 13.7. The van der Waals surface area contributed by atoms with E-state index in [2.05, 4.69) is 10.3 Å². The Morgan fingerprint density at radius 2 is 2.53 bits per heavy atom. The Morgan fingerprint density at radius 1 is 1.74 bits per heavy atom. The fourth-order valence-corrected chi connectivity index (χ4v) is 1.99. The van der Waals surface area contributed by atoms with Crippen molar-refractivity contribution in [1.82, 2.24) is 9.88 Å². The number of ether oxygens (including phenoxy) is 1. The molecule has 7 heteroatoms. The van der Waals surface area contributed by atoms with Gasteiger partial charge in [0.2, 0.25) is 0 Å². The second kappa shape index (κ2) is 5.94. The highest BCUT2D eigenvalue weighted by Crippen LogP contribution is 2.17. The minimum atomic E-state index is -0.561. The van der Waals surface area contributed by atoms with E-state index in [4.69, 9.17) is 9.84 Å². The number of anilines is 1. The minimum Gasteiger partial charge on any atom is -0.394 e. The van der Waals surface area contributed by atoms with Crippen LogP contribution in [0.3, 0.4) is 0 Å². The average Bonchev–Trinajstić information content (AvgIpc) is 2.46. The molecule has 1 fully saturated rings. The number of hydrogen-bond acceptors (Lipinski definition) is 5. The standard InChI is InChI=1S/C12H16FN3O3/c1-14-11-10(4-8(13)5-15-11)12(18)16-2-3-19-9(6-16)7-17/h4-5,9,17H,2-3,6-7H2,1H3,(H,14,15). The van der Waals surface area contributed by atoms with Gasteiger partial charge in [-0.3, -0.25) is 4.79 Å². The van der Waals surface area contributed by atoms with Crippen LogP contribution in [0.2, 0.25) is 0 Å². The van der Waals surface area contributed by atoms with Gasteiger partial charge in [-0.2, -0.15) is 0 Å². The van der Waals surface area contributed by atoms with E-state index in [0.717, 1.165) is 12.3 Å². The molecule has 2 N–H and O–H groups in total. The highest BCUT2D eigenvalue weighted by atomic mass is 19.1. The van der Waals surface area contributed by atoms with Crippen LogP contribution in [0.15, 0.2) is 12.3 Å². The lowest BCUT2D eigenvalue weighted by Crippen LogP contribution is -2.47. The van der Waals surface area contributed by atoms with Crippen LogP contribution < -0.4 is 5.32 Å². The Labute approximate surface area is 110 Å². The van der Waals surface area contributed by atoms with Gasteiger partial charge in [-0.25, -0.2) is 9.37 Å². The lowest BCUT2D eigenvalue weighted by Gasteiger charge is -2.32. The molecule has 19 heavy (non-hydrogen) atoms. The average molecular weight is 269 g/mol. The van der Waals surface area contributed by atoms with Crippen molar-refractivity contribution < 1.29 is 19.0 Å². The number of hydrogen-bond donors (Lipinski definition) is 2. The fourth-order valence-electron chi connectivity index (χ4n) is 1.99. The predicted octanol–water partition coefficient (Wildman–Crippen LogP) is 0.0957. The van der Waals surface area contributed by atoms with E-state index in [1.165, 1.54) is 4.90 Å². The number of morpholine rings is 1. The summed E-state index contributed by atoms with van der Waals surface area (Å²) in [6, 6.07) is 1.16. The Kier molecular flexibility index (Phi) is 4.28. The van der Waals surface area contributed by atoms with Crippen molar-refractivity contribution >= 4 is 11.7 Å². The number of carbonyl (C=O) groups is 1. The molecule has 1 aromatic rings. The molecule has 0 aliphatic carbocycles. The topological polar surface area (TPSA) is 74.7 Å². The molecule has 1 aliphatic rings. The largest absolute Gasteiger partial charge is 0.394 e. The van der Waals surface area contributed by atoms with Crippen LogP contribution in [0.25, 0.3) is 0 Å². The summed E-state index contributed by atoms with van der Waals surface area (Å²) in [6.45, 7) is 0.905. The number of nitrogens with zero attached hydrogens (tertiary/aromatic N) is 2.